The zero-order valence-electron chi connectivity index (χ0n) is 11.6. The Labute approximate surface area is 118 Å². The summed E-state index contributed by atoms with van der Waals surface area (Å²) in [5, 5.41) is 0. The number of anilines is 1. The van der Waals surface area contributed by atoms with Gasteiger partial charge in [-0.1, -0.05) is 6.92 Å². The summed E-state index contributed by atoms with van der Waals surface area (Å²) in [6, 6.07) is 4.70. The molecular weight excluding hydrogens is 259 g/mol. The molecule has 1 fully saturated rings. The van der Waals surface area contributed by atoms with Crippen molar-refractivity contribution in [3.8, 4) is 5.75 Å². The molecule has 0 spiro atoms. The first-order chi connectivity index (χ1) is 9.69. The van der Waals surface area contributed by atoms with Crippen molar-refractivity contribution in [3.63, 3.8) is 0 Å². The molecule has 108 valence electrons. The molecule has 3 rings (SSSR count). The lowest BCUT2D eigenvalue weighted by Crippen LogP contribution is -2.46. The van der Waals surface area contributed by atoms with Crippen molar-refractivity contribution in [2.45, 2.75) is 25.8 Å². The SMILES string of the molecule is CCN1CCC[C@H]1CN1C(=O)COc2ccc(F)cc21. The summed E-state index contributed by atoms with van der Waals surface area (Å²) in [5.74, 6) is 0.156. The van der Waals surface area contributed by atoms with Crippen LogP contribution >= 0.6 is 0 Å². The summed E-state index contributed by atoms with van der Waals surface area (Å²) in [5.41, 5.74) is 0.559. The van der Waals surface area contributed by atoms with E-state index in [1.807, 2.05) is 0 Å². The molecule has 1 saturated heterocycles. The first-order valence-electron chi connectivity index (χ1n) is 7.16. The number of ether oxygens (including phenoxy) is 1. The van der Waals surface area contributed by atoms with Crippen molar-refractivity contribution in [3.05, 3.63) is 24.0 Å². The number of fused-ring (bicyclic) bond motifs is 1. The van der Waals surface area contributed by atoms with Gasteiger partial charge in [0.1, 0.15) is 11.6 Å². The van der Waals surface area contributed by atoms with E-state index >= 15 is 0 Å². The van der Waals surface area contributed by atoms with Gasteiger partial charge in [-0.05, 0) is 38.1 Å². The Morgan fingerprint density at radius 1 is 1.45 bits per heavy atom. The topological polar surface area (TPSA) is 32.8 Å². The lowest BCUT2D eigenvalue weighted by molar-refractivity contribution is -0.121. The summed E-state index contributed by atoms with van der Waals surface area (Å²) in [6.07, 6.45) is 2.25. The predicted molar refractivity (Wildman–Crippen MR) is 74.5 cm³/mol. The quantitative estimate of drug-likeness (QED) is 0.848. The average molecular weight is 278 g/mol. The summed E-state index contributed by atoms with van der Waals surface area (Å²) in [7, 11) is 0. The molecule has 0 aliphatic carbocycles. The molecule has 5 heteroatoms. The van der Waals surface area contributed by atoms with Crippen LogP contribution < -0.4 is 9.64 Å². The average Bonchev–Trinajstić information content (AvgIpc) is 2.89. The van der Waals surface area contributed by atoms with Gasteiger partial charge in [-0.15, -0.1) is 0 Å². The fraction of sp³-hybridized carbons (Fsp3) is 0.533. The van der Waals surface area contributed by atoms with E-state index in [9.17, 15) is 9.18 Å². The molecule has 2 heterocycles. The number of hydrogen-bond acceptors (Lipinski definition) is 3. The highest BCUT2D eigenvalue weighted by atomic mass is 19.1. The molecule has 2 aliphatic heterocycles. The van der Waals surface area contributed by atoms with Crippen LogP contribution in [0.1, 0.15) is 19.8 Å². The minimum absolute atomic E-state index is 0.0392. The number of amides is 1. The van der Waals surface area contributed by atoms with Crippen LogP contribution in [0.15, 0.2) is 18.2 Å². The van der Waals surface area contributed by atoms with Crippen molar-refractivity contribution in [1.82, 2.24) is 4.90 Å². The van der Waals surface area contributed by atoms with E-state index < -0.39 is 0 Å². The van der Waals surface area contributed by atoms with E-state index in [1.165, 1.54) is 12.1 Å². The van der Waals surface area contributed by atoms with Gasteiger partial charge in [-0.25, -0.2) is 4.39 Å². The number of carbonyl (C=O) groups excluding carboxylic acids is 1. The molecule has 20 heavy (non-hydrogen) atoms. The molecule has 1 atom stereocenters. The van der Waals surface area contributed by atoms with Crippen molar-refractivity contribution in [2.75, 3.05) is 31.1 Å². The van der Waals surface area contributed by atoms with E-state index in [-0.39, 0.29) is 18.3 Å². The van der Waals surface area contributed by atoms with Crippen molar-refractivity contribution in [2.24, 2.45) is 0 Å². The Balaban J connectivity index is 1.85. The molecule has 1 aromatic rings. The maximum Gasteiger partial charge on any atom is 0.265 e. The zero-order valence-corrected chi connectivity index (χ0v) is 11.6. The Hall–Kier alpha value is -1.62. The second kappa shape index (κ2) is 5.40. The highest BCUT2D eigenvalue weighted by Gasteiger charge is 2.31. The Bertz CT molecular complexity index is 521. The van der Waals surface area contributed by atoms with E-state index in [1.54, 1.807) is 11.0 Å². The van der Waals surface area contributed by atoms with Gasteiger partial charge in [0.2, 0.25) is 0 Å². The second-order valence-electron chi connectivity index (χ2n) is 5.33. The first-order valence-corrected chi connectivity index (χ1v) is 7.16. The molecule has 0 N–H and O–H groups in total. The van der Waals surface area contributed by atoms with Crippen LogP contribution in [0, 0.1) is 5.82 Å². The number of benzene rings is 1. The normalized spacial score (nSPS) is 22.8. The van der Waals surface area contributed by atoms with E-state index in [0.717, 1.165) is 25.9 Å². The van der Waals surface area contributed by atoms with E-state index in [0.29, 0.717) is 24.0 Å². The number of hydrogen-bond donors (Lipinski definition) is 0. The van der Waals surface area contributed by atoms with Crippen LogP contribution in [-0.2, 0) is 4.79 Å². The van der Waals surface area contributed by atoms with Gasteiger partial charge in [0.15, 0.2) is 6.61 Å². The van der Waals surface area contributed by atoms with Crippen LogP contribution in [0.4, 0.5) is 10.1 Å². The van der Waals surface area contributed by atoms with E-state index in [2.05, 4.69) is 11.8 Å². The van der Waals surface area contributed by atoms with Gasteiger partial charge in [0.25, 0.3) is 5.91 Å². The summed E-state index contributed by atoms with van der Waals surface area (Å²) in [4.78, 5) is 16.2. The third kappa shape index (κ3) is 2.38. The number of rotatable bonds is 3. The smallest absolute Gasteiger partial charge is 0.265 e. The molecule has 0 saturated carbocycles. The van der Waals surface area contributed by atoms with Crippen molar-refractivity contribution >= 4 is 11.6 Å². The molecule has 1 amide bonds. The highest BCUT2D eigenvalue weighted by Crippen LogP contribution is 2.33. The van der Waals surface area contributed by atoms with Crippen LogP contribution in [-0.4, -0.2) is 43.1 Å². The summed E-state index contributed by atoms with van der Waals surface area (Å²) in [6.45, 7) is 4.85. The second-order valence-corrected chi connectivity index (χ2v) is 5.33. The molecule has 4 nitrogen and oxygen atoms in total. The van der Waals surface area contributed by atoms with E-state index in [4.69, 9.17) is 4.74 Å². The minimum Gasteiger partial charge on any atom is -0.482 e. The predicted octanol–water partition coefficient (Wildman–Crippen LogP) is 2.04. The van der Waals surface area contributed by atoms with Crippen molar-refractivity contribution < 1.29 is 13.9 Å². The number of likely N-dealkylation sites (tertiary alicyclic amines) is 1. The van der Waals surface area contributed by atoms with Gasteiger partial charge in [-0.2, -0.15) is 0 Å². The molecule has 0 unspecified atom stereocenters. The largest absolute Gasteiger partial charge is 0.482 e. The third-order valence-corrected chi connectivity index (χ3v) is 4.16. The number of nitrogens with zero attached hydrogens (tertiary/aromatic N) is 2. The Morgan fingerprint density at radius 2 is 2.30 bits per heavy atom. The third-order valence-electron chi connectivity index (χ3n) is 4.16. The van der Waals surface area contributed by atoms with Crippen LogP contribution in [0.3, 0.4) is 0 Å². The summed E-state index contributed by atoms with van der Waals surface area (Å²) >= 11 is 0. The molecular formula is C15H19FN2O2. The molecule has 0 radical (unpaired) electrons. The fourth-order valence-electron chi connectivity index (χ4n) is 3.10. The minimum atomic E-state index is -0.342. The molecule has 0 aromatic heterocycles. The molecule has 1 aromatic carbocycles. The Morgan fingerprint density at radius 3 is 3.10 bits per heavy atom. The van der Waals surface area contributed by atoms with Crippen LogP contribution in [0.5, 0.6) is 5.75 Å². The standard InChI is InChI=1S/C15H19FN2O2/c1-2-17-7-3-4-12(17)9-18-13-8-11(16)5-6-14(13)20-10-15(18)19/h5-6,8,12H,2-4,7,9-10H2,1H3/t12-/m0/s1. The lowest BCUT2D eigenvalue weighted by atomic mass is 10.1. The summed E-state index contributed by atoms with van der Waals surface area (Å²) < 4.78 is 18.8. The van der Waals surface area contributed by atoms with Gasteiger partial charge in [0, 0.05) is 18.7 Å². The monoisotopic (exact) mass is 278 g/mol. The fourth-order valence-corrected chi connectivity index (χ4v) is 3.10. The zero-order chi connectivity index (χ0) is 14.1. The van der Waals surface area contributed by atoms with Crippen LogP contribution in [0.2, 0.25) is 0 Å². The highest BCUT2D eigenvalue weighted by molar-refractivity contribution is 5.97. The van der Waals surface area contributed by atoms with Gasteiger partial charge < -0.3 is 9.64 Å². The van der Waals surface area contributed by atoms with Crippen molar-refractivity contribution in [1.29, 1.82) is 0 Å². The van der Waals surface area contributed by atoms with Crippen LogP contribution in [0.25, 0.3) is 0 Å². The van der Waals surface area contributed by atoms with Gasteiger partial charge in [-0.3, -0.25) is 9.69 Å². The molecule has 0 bridgehead atoms. The number of halogens is 1. The number of likely N-dealkylation sites (N-methyl/N-ethyl adjacent to an activating group) is 1. The van der Waals surface area contributed by atoms with Gasteiger partial charge >= 0.3 is 0 Å². The Kier molecular flexibility index (Phi) is 3.61. The maximum absolute atomic E-state index is 13.4. The van der Waals surface area contributed by atoms with Gasteiger partial charge in [0.05, 0.1) is 5.69 Å². The first kappa shape index (κ1) is 13.4. The lowest BCUT2D eigenvalue weighted by Gasteiger charge is -2.33. The molecule has 2 aliphatic rings. The maximum atomic E-state index is 13.4. The number of carbonyl (C=O) groups is 1.